The van der Waals surface area contributed by atoms with Gasteiger partial charge in [-0.2, -0.15) is 0 Å². The number of ether oxygens (including phenoxy) is 2. The van der Waals surface area contributed by atoms with E-state index in [-0.39, 0.29) is 17.8 Å². The number of benzene rings is 2. The molecule has 1 aliphatic rings. The van der Waals surface area contributed by atoms with Crippen molar-refractivity contribution in [1.82, 2.24) is 4.90 Å². The van der Waals surface area contributed by atoms with Gasteiger partial charge in [0.1, 0.15) is 6.61 Å². The Balaban J connectivity index is 1.88. The van der Waals surface area contributed by atoms with Gasteiger partial charge in [-0.05, 0) is 61.5 Å². The predicted octanol–water partition coefficient (Wildman–Crippen LogP) is 6.79. The minimum absolute atomic E-state index is 0.233. The van der Waals surface area contributed by atoms with E-state index in [0.717, 1.165) is 17.3 Å². The maximum Gasteiger partial charge on any atom is 0.293 e. The van der Waals surface area contributed by atoms with Crippen LogP contribution in [0.15, 0.2) is 39.7 Å². The highest BCUT2D eigenvalue weighted by Crippen LogP contribution is 2.38. The average molecular weight is 531 g/mol. The molecule has 0 unspecified atom stereocenters. The Hall–Kier alpha value is -1.67. The molecule has 0 aromatic heterocycles. The number of hydrogen-bond donors (Lipinski definition) is 0. The maximum atomic E-state index is 12.4. The lowest BCUT2D eigenvalue weighted by atomic mass is 10.1. The number of likely N-dealkylation sites (N-methyl/N-ethyl adjacent to an activating group) is 1. The minimum Gasteiger partial charge on any atom is -0.490 e. The fourth-order valence-corrected chi connectivity index (χ4v) is 4.54. The molecule has 0 atom stereocenters. The van der Waals surface area contributed by atoms with Crippen molar-refractivity contribution in [1.29, 1.82) is 0 Å². The summed E-state index contributed by atoms with van der Waals surface area (Å²) in [5.74, 6) is 0.746. The number of nitrogens with zero attached hydrogens (tertiary/aromatic N) is 1. The first-order valence-corrected chi connectivity index (χ1v) is 11.5. The van der Waals surface area contributed by atoms with Crippen LogP contribution in [-0.4, -0.2) is 29.2 Å². The summed E-state index contributed by atoms with van der Waals surface area (Å²) in [5, 5.41) is 0.802. The number of amides is 2. The number of imide groups is 1. The molecule has 1 heterocycles. The van der Waals surface area contributed by atoms with Crippen molar-refractivity contribution in [2.45, 2.75) is 20.5 Å². The molecule has 0 bridgehead atoms. The summed E-state index contributed by atoms with van der Waals surface area (Å²) in [7, 11) is 0. The molecule has 0 spiro atoms. The van der Waals surface area contributed by atoms with Gasteiger partial charge < -0.3 is 9.47 Å². The second-order valence-electron chi connectivity index (χ2n) is 6.20. The number of halogens is 3. The smallest absolute Gasteiger partial charge is 0.293 e. The largest absolute Gasteiger partial charge is 0.490 e. The minimum atomic E-state index is -0.296. The van der Waals surface area contributed by atoms with E-state index in [1.165, 1.54) is 4.90 Å². The molecule has 0 saturated carbocycles. The van der Waals surface area contributed by atoms with Crippen LogP contribution in [0, 0.1) is 0 Å². The van der Waals surface area contributed by atoms with Gasteiger partial charge in [-0.15, -0.1) is 0 Å². The summed E-state index contributed by atoms with van der Waals surface area (Å²) in [6.45, 7) is 4.64. The van der Waals surface area contributed by atoms with Crippen molar-refractivity contribution in [2.75, 3.05) is 13.2 Å². The Kier molecular flexibility index (Phi) is 7.74. The van der Waals surface area contributed by atoms with Crippen LogP contribution < -0.4 is 9.47 Å². The summed E-state index contributed by atoms with van der Waals surface area (Å²) in [6, 6.07) is 8.75. The third-order valence-corrected chi connectivity index (χ3v) is 6.42. The lowest BCUT2D eigenvalue weighted by Gasteiger charge is -2.15. The van der Waals surface area contributed by atoms with E-state index in [4.69, 9.17) is 32.7 Å². The first-order chi connectivity index (χ1) is 14.3. The molecule has 158 valence electrons. The van der Waals surface area contributed by atoms with Crippen LogP contribution in [0.2, 0.25) is 10.0 Å². The molecule has 1 saturated heterocycles. The summed E-state index contributed by atoms with van der Waals surface area (Å²) < 4.78 is 12.4. The van der Waals surface area contributed by atoms with Crippen LogP contribution in [-0.2, 0) is 11.4 Å². The standard InChI is InChI=1S/C21H18BrCl2NO4S/c1-3-25-20(26)19(30-21(25)27)8-13-7-17(28-4-2)18(10-15(13)22)29-11-12-5-6-14(23)9-16(12)24/h5-10H,3-4,11H2,1-2H3/b19-8+. The highest BCUT2D eigenvalue weighted by molar-refractivity contribution is 9.10. The molecule has 2 aromatic rings. The van der Waals surface area contributed by atoms with Crippen LogP contribution in [0.25, 0.3) is 6.08 Å². The second kappa shape index (κ2) is 10.1. The van der Waals surface area contributed by atoms with Gasteiger partial charge in [0, 0.05) is 26.6 Å². The number of hydrogen-bond acceptors (Lipinski definition) is 5. The van der Waals surface area contributed by atoms with Crippen LogP contribution in [0.4, 0.5) is 4.79 Å². The van der Waals surface area contributed by atoms with Crippen molar-refractivity contribution < 1.29 is 19.1 Å². The van der Waals surface area contributed by atoms with Gasteiger partial charge in [0.2, 0.25) is 0 Å². The molecular weight excluding hydrogens is 513 g/mol. The Labute approximate surface area is 197 Å². The van der Waals surface area contributed by atoms with Crippen molar-refractivity contribution in [3.8, 4) is 11.5 Å². The van der Waals surface area contributed by atoms with E-state index in [0.29, 0.717) is 49.6 Å². The fourth-order valence-electron chi connectivity index (χ4n) is 2.75. The van der Waals surface area contributed by atoms with Gasteiger partial charge in [0.05, 0.1) is 11.5 Å². The van der Waals surface area contributed by atoms with E-state index in [2.05, 4.69) is 15.9 Å². The van der Waals surface area contributed by atoms with E-state index >= 15 is 0 Å². The summed E-state index contributed by atoms with van der Waals surface area (Å²) in [4.78, 5) is 25.9. The number of thioether (sulfide) groups is 1. The Morgan fingerprint density at radius 1 is 1.10 bits per heavy atom. The Bertz CT molecular complexity index is 1030. The molecule has 5 nitrogen and oxygen atoms in total. The van der Waals surface area contributed by atoms with E-state index in [1.807, 2.05) is 6.92 Å². The van der Waals surface area contributed by atoms with Crippen molar-refractivity contribution in [3.63, 3.8) is 0 Å². The summed E-state index contributed by atoms with van der Waals surface area (Å²) in [6.07, 6.45) is 1.67. The molecule has 1 aliphatic heterocycles. The maximum absolute atomic E-state index is 12.4. The van der Waals surface area contributed by atoms with Gasteiger partial charge in [-0.3, -0.25) is 14.5 Å². The molecule has 9 heteroatoms. The average Bonchev–Trinajstić information content (AvgIpc) is 2.96. The predicted molar refractivity (Wildman–Crippen MR) is 124 cm³/mol. The quantitative estimate of drug-likeness (QED) is 0.369. The number of rotatable bonds is 7. The molecular formula is C21H18BrCl2NO4S. The molecule has 2 amide bonds. The zero-order chi connectivity index (χ0) is 21.8. The fraction of sp³-hybridized carbons (Fsp3) is 0.238. The lowest BCUT2D eigenvalue weighted by Crippen LogP contribution is -2.27. The zero-order valence-corrected chi connectivity index (χ0v) is 20.1. The van der Waals surface area contributed by atoms with Crippen LogP contribution in [0.1, 0.15) is 25.0 Å². The van der Waals surface area contributed by atoms with Crippen molar-refractivity contribution in [3.05, 3.63) is 60.9 Å². The van der Waals surface area contributed by atoms with E-state index < -0.39 is 0 Å². The van der Waals surface area contributed by atoms with Crippen LogP contribution in [0.3, 0.4) is 0 Å². The molecule has 1 fully saturated rings. The first-order valence-electron chi connectivity index (χ1n) is 9.12. The molecule has 0 aliphatic carbocycles. The Morgan fingerprint density at radius 2 is 1.83 bits per heavy atom. The molecule has 0 radical (unpaired) electrons. The lowest BCUT2D eigenvalue weighted by molar-refractivity contribution is -0.122. The summed E-state index contributed by atoms with van der Waals surface area (Å²) >= 11 is 16.6. The Morgan fingerprint density at radius 3 is 2.47 bits per heavy atom. The normalized spacial score (nSPS) is 15.2. The number of carbonyl (C=O) groups is 2. The van der Waals surface area contributed by atoms with E-state index in [1.54, 1.807) is 43.3 Å². The third kappa shape index (κ3) is 5.14. The topological polar surface area (TPSA) is 55.8 Å². The second-order valence-corrected chi connectivity index (χ2v) is 8.90. The first kappa shape index (κ1) is 23.0. The van der Waals surface area contributed by atoms with Gasteiger partial charge in [0.25, 0.3) is 11.1 Å². The zero-order valence-electron chi connectivity index (χ0n) is 16.2. The molecule has 0 N–H and O–H groups in total. The van der Waals surface area contributed by atoms with Gasteiger partial charge >= 0.3 is 0 Å². The summed E-state index contributed by atoms with van der Waals surface area (Å²) in [5.41, 5.74) is 1.49. The van der Waals surface area contributed by atoms with Gasteiger partial charge in [0.15, 0.2) is 11.5 Å². The van der Waals surface area contributed by atoms with Crippen LogP contribution >= 0.6 is 50.9 Å². The molecule has 30 heavy (non-hydrogen) atoms. The van der Waals surface area contributed by atoms with Crippen molar-refractivity contribution >= 4 is 68.1 Å². The van der Waals surface area contributed by atoms with E-state index in [9.17, 15) is 9.59 Å². The third-order valence-electron chi connectivity index (χ3n) is 4.24. The SMILES string of the molecule is CCOc1cc(/C=C2/SC(=O)N(CC)C2=O)c(Br)cc1OCc1ccc(Cl)cc1Cl. The number of carbonyl (C=O) groups excluding carboxylic acids is 2. The highest BCUT2D eigenvalue weighted by atomic mass is 79.9. The monoisotopic (exact) mass is 529 g/mol. The van der Waals surface area contributed by atoms with Crippen LogP contribution in [0.5, 0.6) is 11.5 Å². The van der Waals surface area contributed by atoms with Gasteiger partial charge in [-0.1, -0.05) is 45.2 Å². The molecule has 2 aromatic carbocycles. The highest BCUT2D eigenvalue weighted by Gasteiger charge is 2.33. The molecule has 3 rings (SSSR count). The van der Waals surface area contributed by atoms with Crippen molar-refractivity contribution in [2.24, 2.45) is 0 Å². The van der Waals surface area contributed by atoms with Gasteiger partial charge in [-0.25, -0.2) is 0 Å².